The average Bonchev–Trinajstić information content (AvgIpc) is 2.62. The van der Waals surface area contributed by atoms with E-state index in [1.54, 1.807) is 0 Å². The Labute approximate surface area is 129 Å². The summed E-state index contributed by atoms with van der Waals surface area (Å²) in [5, 5.41) is 3.20. The zero-order valence-electron chi connectivity index (χ0n) is 11.3. The molecule has 0 radical (unpaired) electrons. The molecule has 21 heavy (non-hydrogen) atoms. The van der Waals surface area contributed by atoms with Gasteiger partial charge in [-0.15, -0.1) is 12.4 Å². The standard InChI is InChI=1S/C13H16F2N2O2S.ClH/c14-9-5-10(15)7-13(6-9)20(18,19)17-11-1-2-12(17)8-16-4-3-11;/h5-7,11-12,16H,1-4,8H2;1H. The Hall–Kier alpha value is -0.760. The third-order valence-electron chi connectivity index (χ3n) is 4.00. The van der Waals surface area contributed by atoms with Gasteiger partial charge in [-0.1, -0.05) is 0 Å². The first-order chi connectivity index (χ1) is 9.48. The monoisotopic (exact) mass is 338 g/mol. The normalized spacial score (nSPS) is 26.2. The Morgan fingerprint density at radius 3 is 2.33 bits per heavy atom. The minimum atomic E-state index is -3.85. The number of fused-ring (bicyclic) bond motifs is 2. The van der Waals surface area contributed by atoms with Crippen LogP contribution in [0.1, 0.15) is 19.3 Å². The number of rotatable bonds is 2. The summed E-state index contributed by atoms with van der Waals surface area (Å²) in [6.07, 6.45) is 2.32. The molecule has 118 valence electrons. The molecule has 2 fully saturated rings. The van der Waals surface area contributed by atoms with Crippen molar-refractivity contribution in [3.05, 3.63) is 29.8 Å². The molecule has 0 aliphatic carbocycles. The highest BCUT2D eigenvalue weighted by Gasteiger charge is 2.43. The number of hydrogen-bond acceptors (Lipinski definition) is 3. The van der Waals surface area contributed by atoms with E-state index in [2.05, 4.69) is 5.32 Å². The molecule has 2 bridgehead atoms. The maximum Gasteiger partial charge on any atom is 0.243 e. The van der Waals surface area contributed by atoms with E-state index in [-0.39, 0.29) is 29.4 Å². The molecule has 0 aromatic heterocycles. The summed E-state index contributed by atoms with van der Waals surface area (Å²) in [5.41, 5.74) is 0. The fourth-order valence-electron chi connectivity index (χ4n) is 3.13. The summed E-state index contributed by atoms with van der Waals surface area (Å²) in [6.45, 7) is 1.36. The molecular formula is C13H17ClF2N2O2S. The molecule has 2 aliphatic rings. The third kappa shape index (κ3) is 3.06. The highest BCUT2D eigenvalue weighted by molar-refractivity contribution is 7.89. The SMILES string of the molecule is Cl.O=S(=O)(c1cc(F)cc(F)c1)N1C2CCNCC1CC2. The predicted molar refractivity (Wildman–Crippen MR) is 76.9 cm³/mol. The molecule has 2 atom stereocenters. The Morgan fingerprint density at radius 1 is 1.05 bits per heavy atom. The van der Waals surface area contributed by atoms with Gasteiger partial charge in [-0.05, 0) is 37.9 Å². The summed E-state index contributed by atoms with van der Waals surface area (Å²) in [4.78, 5) is -0.297. The zero-order valence-corrected chi connectivity index (χ0v) is 12.9. The summed E-state index contributed by atoms with van der Waals surface area (Å²) in [7, 11) is -3.85. The molecule has 1 aromatic carbocycles. The van der Waals surface area contributed by atoms with Gasteiger partial charge >= 0.3 is 0 Å². The largest absolute Gasteiger partial charge is 0.315 e. The topological polar surface area (TPSA) is 49.4 Å². The Bertz CT molecular complexity index is 592. The lowest BCUT2D eigenvalue weighted by molar-refractivity contribution is 0.334. The van der Waals surface area contributed by atoms with Gasteiger partial charge in [0.15, 0.2) is 0 Å². The van der Waals surface area contributed by atoms with Crippen molar-refractivity contribution in [1.29, 1.82) is 0 Å². The molecule has 2 saturated heterocycles. The molecule has 0 spiro atoms. The minimum absolute atomic E-state index is 0. The molecule has 0 saturated carbocycles. The lowest BCUT2D eigenvalue weighted by Crippen LogP contribution is -2.42. The number of halogens is 3. The van der Waals surface area contributed by atoms with Crippen LogP contribution in [0.25, 0.3) is 0 Å². The average molecular weight is 339 g/mol. The van der Waals surface area contributed by atoms with Crippen molar-refractivity contribution in [2.75, 3.05) is 13.1 Å². The van der Waals surface area contributed by atoms with E-state index in [4.69, 9.17) is 0 Å². The maximum atomic E-state index is 13.3. The molecule has 0 amide bonds. The Morgan fingerprint density at radius 2 is 1.67 bits per heavy atom. The summed E-state index contributed by atoms with van der Waals surface area (Å²) < 4.78 is 53.3. The van der Waals surface area contributed by atoms with Gasteiger partial charge in [0.2, 0.25) is 10.0 Å². The number of nitrogens with one attached hydrogen (secondary N) is 1. The molecule has 1 N–H and O–H groups in total. The van der Waals surface area contributed by atoms with E-state index < -0.39 is 21.7 Å². The van der Waals surface area contributed by atoms with Crippen LogP contribution >= 0.6 is 12.4 Å². The van der Waals surface area contributed by atoms with Crippen LogP contribution < -0.4 is 5.32 Å². The number of benzene rings is 1. The number of sulfonamides is 1. The van der Waals surface area contributed by atoms with Crippen molar-refractivity contribution in [3.8, 4) is 0 Å². The van der Waals surface area contributed by atoms with E-state index in [0.29, 0.717) is 12.6 Å². The molecular weight excluding hydrogens is 322 g/mol. The molecule has 1 aromatic rings. The van der Waals surface area contributed by atoms with Crippen molar-refractivity contribution in [2.24, 2.45) is 0 Å². The third-order valence-corrected chi connectivity index (χ3v) is 5.98. The second-order valence-corrected chi connectivity index (χ2v) is 7.16. The van der Waals surface area contributed by atoms with Crippen LogP contribution in [-0.2, 0) is 10.0 Å². The van der Waals surface area contributed by atoms with Gasteiger partial charge in [-0.3, -0.25) is 0 Å². The molecule has 3 rings (SSSR count). The van der Waals surface area contributed by atoms with Crippen LogP contribution in [-0.4, -0.2) is 37.9 Å². The van der Waals surface area contributed by atoms with Crippen molar-refractivity contribution >= 4 is 22.4 Å². The van der Waals surface area contributed by atoms with Gasteiger partial charge < -0.3 is 5.32 Å². The quantitative estimate of drug-likeness (QED) is 0.896. The van der Waals surface area contributed by atoms with Crippen molar-refractivity contribution in [3.63, 3.8) is 0 Å². The highest BCUT2D eigenvalue weighted by Crippen LogP contribution is 2.34. The molecule has 4 nitrogen and oxygen atoms in total. The van der Waals surface area contributed by atoms with Crippen LogP contribution in [0.4, 0.5) is 8.78 Å². The smallest absolute Gasteiger partial charge is 0.243 e. The van der Waals surface area contributed by atoms with Gasteiger partial charge in [0.05, 0.1) is 4.90 Å². The van der Waals surface area contributed by atoms with E-state index in [1.165, 1.54) is 4.31 Å². The van der Waals surface area contributed by atoms with E-state index in [9.17, 15) is 17.2 Å². The molecule has 2 heterocycles. The van der Waals surface area contributed by atoms with Crippen LogP contribution in [0.2, 0.25) is 0 Å². The van der Waals surface area contributed by atoms with Crippen LogP contribution in [0.15, 0.2) is 23.1 Å². The van der Waals surface area contributed by atoms with E-state index in [0.717, 1.165) is 37.9 Å². The molecule has 2 aliphatic heterocycles. The minimum Gasteiger partial charge on any atom is -0.315 e. The molecule has 2 unspecified atom stereocenters. The van der Waals surface area contributed by atoms with Crippen LogP contribution in [0.3, 0.4) is 0 Å². The van der Waals surface area contributed by atoms with Gasteiger partial charge in [0.25, 0.3) is 0 Å². The van der Waals surface area contributed by atoms with Crippen molar-refractivity contribution < 1.29 is 17.2 Å². The second kappa shape index (κ2) is 6.16. The fourth-order valence-corrected chi connectivity index (χ4v) is 5.07. The molecule has 8 heteroatoms. The van der Waals surface area contributed by atoms with Crippen LogP contribution in [0, 0.1) is 11.6 Å². The maximum absolute atomic E-state index is 13.3. The van der Waals surface area contributed by atoms with Gasteiger partial charge in [0.1, 0.15) is 11.6 Å². The van der Waals surface area contributed by atoms with Crippen molar-refractivity contribution in [2.45, 2.75) is 36.2 Å². The van der Waals surface area contributed by atoms with Gasteiger partial charge in [-0.2, -0.15) is 4.31 Å². The van der Waals surface area contributed by atoms with Crippen molar-refractivity contribution in [1.82, 2.24) is 9.62 Å². The zero-order chi connectivity index (χ0) is 14.3. The summed E-state index contributed by atoms with van der Waals surface area (Å²) in [5.74, 6) is -1.74. The Kier molecular flexibility index (Phi) is 4.87. The number of nitrogens with zero attached hydrogens (tertiary/aromatic N) is 1. The first-order valence-corrected chi connectivity index (χ1v) is 8.13. The van der Waals surface area contributed by atoms with Gasteiger partial charge in [-0.25, -0.2) is 17.2 Å². The summed E-state index contributed by atoms with van der Waals surface area (Å²) >= 11 is 0. The fraction of sp³-hybridized carbons (Fsp3) is 0.538. The predicted octanol–water partition coefficient (Wildman–Crippen LogP) is 1.90. The summed E-state index contributed by atoms with van der Waals surface area (Å²) in [6, 6.07) is 2.24. The Balaban J connectivity index is 0.00000161. The van der Waals surface area contributed by atoms with E-state index in [1.807, 2.05) is 0 Å². The first-order valence-electron chi connectivity index (χ1n) is 6.69. The van der Waals surface area contributed by atoms with Gasteiger partial charge in [0, 0.05) is 24.7 Å². The highest BCUT2D eigenvalue weighted by atomic mass is 35.5. The first kappa shape index (κ1) is 16.6. The lowest BCUT2D eigenvalue weighted by Gasteiger charge is -2.26. The van der Waals surface area contributed by atoms with Crippen LogP contribution in [0.5, 0.6) is 0 Å². The van der Waals surface area contributed by atoms with E-state index >= 15 is 0 Å². The second-order valence-electron chi connectivity index (χ2n) is 5.32. The number of hydrogen-bond donors (Lipinski definition) is 1. The lowest BCUT2D eigenvalue weighted by atomic mass is 10.1.